The van der Waals surface area contributed by atoms with Gasteiger partial charge in [-0.2, -0.15) is 0 Å². The number of amides is 1. The Labute approximate surface area is 120 Å². The van der Waals surface area contributed by atoms with Crippen LogP contribution >= 0.6 is 11.6 Å². The molecule has 1 aliphatic rings. The van der Waals surface area contributed by atoms with Crippen molar-refractivity contribution in [2.45, 2.75) is 13.0 Å². The van der Waals surface area contributed by atoms with E-state index in [1.165, 1.54) is 0 Å². The standard InChI is InChI=1S/C14H12ClN3O2/c15-13-4-3-12(16-17-13)14(20)18-6-5-9-1-2-11(19)7-10(9)8-18/h1-4,7,19H,5-6,8H2. The fourth-order valence-corrected chi connectivity index (χ4v) is 2.41. The molecule has 0 aliphatic carbocycles. The van der Waals surface area contributed by atoms with Gasteiger partial charge in [-0.05, 0) is 41.8 Å². The molecule has 0 saturated carbocycles. The Bertz CT molecular complexity index is 658. The molecular weight excluding hydrogens is 278 g/mol. The highest BCUT2D eigenvalue weighted by Crippen LogP contribution is 2.23. The summed E-state index contributed by atoms with van der Waals surface area (Å²) in [6, 6.07) is 8.37. The number of rotatable bonds is 1. The number of aromatic hydroxyl groups is 1. The Balaban J connectivity index is 1.82. The van der Waals surface area contributed by atoms with Gasteiger partial charge in [0.15, 0.2) is 10.8 Å². The fourth-order valence-electron chi connectivity index (χ4n) is 2.31. The van der Waals surface area contributed by atoms with Gasteiger partial charge in [0.25, 0.3) is 5.91 Å². The van der Waals surface area contributed by atoms with Gasteiger partial charge in [-0.3, -0.25) is 4.79 Å². The number of benzene rings is 1. The molecule has 0 atom stereocenters. The van der Waals surface area contributed by atoms with Crippen LogP contribution in [0.3, 0.4) is 0 Å². The van der Waals surface area contributed by atoms with E-state index in [1.807, 2.05) is 6.07 Å². The van der Waals surface area contributed by atoms with Gasteiger partial charge in [-0.25, -0.2) is 0 Å². The van der Waals surface area contributed by atoms with Crippen LogP contribution in [0.2, 0.25) is 5.15 Å². The second-order valence-electron chi connectivity index (χ2n) is 4.67. The van der Waals surface area contributed by atoms with E-state index < -0.39 is 0 Å². The second kappa shape index (κ2) is 5.09. The van der Waals surface area contributed by atoms with Crippen LogP contribution < -0.4 is 0 Å². The third kappa shape index (κ3) is 2.44. The first-order valence-corrected chi connectivity index (χ1v) is 6.60. The van der Waals surface area contributed by atoms with Crippen molar-refractivity contribution in [3.05, 3.63) is 52.3 Å². The third-order valence-corrected chi connectivity index (χ3v) is 3.54. The minimum absolute atomic E-state index is 0.178. The number of hydrogen-bond donors (Lipinski definition) is 1. The molecule has 3 rings (SSSR count). The number of phenols is 1. The van der Waals surface area contributed by atoms with E-state index in [9.17, 15) is 9.90 Å². The maximum absolute atomic E-state index is 12.3. The lowest BCUT2D eigenvalue weighted by molar-refractivity contribution is 0.0727. The molecule has 0 unspecified atom stereocenters. The van der Waals surface area contributed by atoms with Gasteiger partial charge < -0.3 is 10.0 Å². The number of hydrogen-bond acceptors (Lipinski definition) is 4. The zero-order valence-corrected chi connectivity index (χ0v) is 11.3. The van der Waals surface area contributed by atoms with E-state index in [-0.39, 0.29) is 22.5 Å². The molecule has 0 radical (unpaired) electrons. The Morgan fingerprint density at radius 2 is 2.05 bits per heavy atom. The lowest BCUT2D eigenvalue weighted by atomic mass is 9.99. The van der Waals surface area contributed by atoms with Crippen molar-refractivity contribution in [3.8, 4) is 5.75 Å². The van der Waals surface area contributed by atoms with Crippen molar-refractivity contribution < 1.29 is 9.90 Å². The first-order chi connectivity index (χ1) is 9.63. The maximum atomic E-state index is 12.3. The first-order valence-electron chi connectivity index (χ1n) is 6.23. The average molecular weight is 290 g/mol. The largest absolute Gasteiger partial charge is 0.508 e. The normalized spacial score (nSPS) is 13.9. The Morgan fingerprint density at radius 1 is 1.20 bits per heavy atom. The van der Waals surface area contributed by atoms with Crippen LogP contribution in [0.5, 0.6) is 5.75 Å². The molecule has 2 aromatic rings. The minimum Gasteiger partial charge on any atom is -0.508 e. The number of halogens is 1. The van der Waals surface area contributed by atoms with Gasteiger partial charge >= 0.3 is 0 Å². The van der Waals surface area contributed by atoms with Crippen LogP contribution in [0.15, 0.2) is 30.3 Å². The minimum atomic E-state index is -0.178. The smallest absolute Gasteiger partial charge is 0.274 e. The van der Waals surface area contributed by atoms with Gasteiger partial charge in [-0.15, -0.1) is 10.2 Å². The van der Waals surface area contributed by atoms with Gasteiger partial charge in [0.05, 0.1) is 0 Å². The average Bonchev–Trinajstić information content (AvgIpc) is 2.46. The zero-order chi connectivity index (χ0) is 14.1. The molecule has 1 aromatic heterocycles. The fraction of sp³-hybridized carbons (Fsp3) is 0.214. The number of carbonyl (C=O) groups excluding carboxylic acids is 1. The summed E-state index contributed by atoms with van der Waals surface area (Å²) in [5.41, 5.74) is 2.40. The molecule has 1 aromatic carbocycles. The van der Waals surface area contributed by atoms with Crippen LogP contribution in [0.25, 0.3) is 0 Å². The van der Waals surface area contributed by atoms with E-state index >= 15 is 0 Å². The topological polar surface area (TPSA) is 66.3 Å². The van der Waals surface area contributed by atoms with Crippen molar-refractivity contribution >= 4 is 17.5 Å². The quantitative estimate of drug-likeness (QED) is 0.872. The number of phenolic OH excluding ortho intramolecular Hbond substituents is 1. The van der Waals surface area contributed by atoms with Crippen molar-refractivity contribution in [2.75, 3.05) is 6.54 Å². The molecule has 5 nitrogen and oxygen atoms in total. The number of aromatic nitrogens is 2. The summed E-state index contributed by atoms with van der Waals surface area (Å²) in [7, 11) is 0. The van der Waals surface area contributed by atoms with Crippen molar-refractivity contribution in [1.82, 2.24) is 15.1 Å². The second-order valence-corrected chi connectivity index (χ2v) is 5.06. The molecule has 0 fully saturated rings. The number of nitrogens with zero attached hydrogens (tertiary/aromatic N) is 3. The van der Waals surface area contributed by atoms with Crippen LogP contribution in [-0.2, 0) is 13.0 Å². The molecule has 0 saturated heterocycles. The maximum Gasteiger partial charge on any atom is 0.274 e. The van der Waals surface area contributed by atoms with Gasteiger partial charge in [-0.1, -0.05) is 17.7 Å². The molecular formula is C14H12ClN3O2. The summed E-state index contributed by atoms with van der Waals surface area (Å²) in [6.45, 7) is 1.09. The molecule has 1 N–H and O–H groups in total. The summed E-state index contributed by atoms with van der Waals surface area (Å²) in [5.74, 6) is 0.0347. The van der Waals surface area contributed by atoms with Gasteiger partial charge in [0.2, 0.25) is 0 Å². The molecule has 20 heavy (non-hydrogen) atoms. The highest BCUT2D eigenvalue weighted by molar-refractivity contribution is 6.29. The van der Waals surface area contributed by atoms with Crippen LogP contribution in [0.4, 0.5) is 0 Å². The summed E-state index contributed by atoms with van der Waals surface area (Å²) in [5, 5.41) is 17.3. The van der Waals surface area contributed by atoms with E-state index in [2.05, 4.69) is 10.2 Å². The highest BCUT2D eigenvalue weighted by Gasteiger charge is 2.23. The zero-order valence-electron chi connectivity index (χ0n) is 10.6. The molecule has 102 valence electrons. The van der Waals surface area contributed by atoms with Gasteiger partial charge in [0.1, 0.15) is 5.75 Å². The summed E-state index contributed by atoms with van der Waals surface area (Å²) in [6.07, 6.45) is 0.766. The van der Waals surface area contributed by atoms with E-state index in [0.717, 1.165) is 17.5 Å². The van der Waals surface area contributed by atoms with Crippen molar-refractivity contribution in [3.63, 3.8) is 0 Å². The Morgan fingerprint density at radius 3 is 2.80 bits per heavy atom. The monoisotopic (exact) mass is 289 g/mol. The predicted octanol–water partition coefficient (Wildman–Crippen LogP) is 2.03. The summed E-state index contributed by atoms with van der Waals surface area (Å²) in [4.78, 5) is 14.0. The lowest BCUT2D eigenvalue weighted by Gasteiger charge is -2.28. The van der Waals surface area contributed by atoms with E-state index in [4.69, 9.17) is 11.6 Å². The molecule has 1 amide bonds. The lowest BCUT2D eigenvalue weighted by Crippen LogP contribution is -2.36. The van der Waals surface area contributed by atoms with Crippen LogP contribution in [0, 0.1) is 0 Å². The van der Waals surface area contributed by atoms with Crippen molar-refractivity contribution in [1.29, 1.82) is 0 Å². The van der Waals surface area contributed by atoms with E-state index in [1.54, 1.807) is 29.2 Å². The van der Waals surface area contributed by atoms with Crippen LogP contribution in [0.1, 0.15) is 21.6 Å². The van der Waals surface area contributed by atoms with Crippen LogP contribution in [-0.4, -0.2) is 32.7 Å². The molecule has 6 heteroatoms. The highest BCUT2D eigenvalue weighted by atomic mass is 35.5. The Hall–Kier alpha value is -2.14. The SMILES string of the molecule is O=C(c1ccc(Cl)nn1)N1CCc2ccc(O)cc2C1. The molecule has 1 aliphatic heterocycles. The third-order valence-electron chi connectivity index (χ3n) is 3.34. The van der Waals surface area contributed by atoms with Gasteiger partial charge in [0, 0.05) is 13.1 Å². The first kappa shape index (κ1) is 12.9. The molecule has 0 spiro atoms. The Kier molecular flexibility index (Phi) is 3.28. The molecule has 2 heterocycles. The predicted molar refractivity (Wildman–Crippen MR) is 73.6 cm³/mol. The van der Waals surface area contributed by atoms with E-state index in [0.29, 0.717) is 13.1 Å². The number of carbonyl (C=O) groups is 1. The van der Waals surface area contributed by atoms with Crippen molar-refractivity contribution in [2.24, 2.45) is 0 Å². The summed E-state index contributed by atoms with van der Waals surface area (Å²) < 4.78 is 0. The number of fused-ring (bicyclic) bond motifs is 1. The molecule has 0 bridgehead atoms. The summed E-state index contributed by atoms with van der Waals surface area (Å²) >= 11 is 5.66.